The summed E-state index contributed by atoms with van der Waals surface area (Å²) in [6, 6.07) is 14.4. The maximum Gasteiger partial charge on any atom is 0.407 e. The molecular formula is C24H25N5O4. The second kappa shape index (κ2) is 8.32. The number of fused-ring (bicyclic) bond motifs is 1. The van der Waals surface area contributed by atoms with Gasteiger partial charge in [-0.3, -0.25) is 14.3 Å². The molecule has 1 aromatic carbocycles. The Balaban J connectivity index is 1.60. The largest absolute Gasteiger partial charge is 0.465 e. The first-order valence-electron chi connectivity index (χ1n) is 11.0. The lowest BCUT2D eigenvalue weighted by Gasteiger charge is -2.47. The van der Waals surface area contributed by atoms with Gasteiger partial charge in [-0.1, -0.05) is 30.3 Å². The zero-order valence-corrected chi connectivity index (χ0v) is 18.0. The number of likely N-dealkylation sites (tertiary alicyclic amines) is 1. The van der Waals surface area contributed by atoms with Crippen LogP contribution < -0.4 is 10.5 Å². The van der Waals surface area contributed by atoms with Crippen LogP contribution in [0.1, 0.15) is 24.5 Å². The fourth-order valence-corrected chi connectivity index (χ4v) is 4.92. The molecule has 2 aliphatic rings. The zero-order chi connectivity index (χ0) is 23.0. The molecule has 5 rings (SSSR count). The summed E-state index contributed by atoms with van der Waals surface area (Å²) in [4.78, 5) is 37.0. The number of hydrogen-bond donors (Lipinski definition) is 2. The summed E-state index contributed by atoms with van der Waals surface area (Å²) in [6.07, 6.45) is 2.71. The molecule has 0 radical (unpaired) electrons. The van der Waals surface area contributed by atoms with Crippen LogP contribution in [-0.4, -0.2) is 60.9 Å². The molecule has 170 valence electrons. The first-order valence-corrected chi connectivity index (χ1v) is 11.0. The molecule has 1 saturated heterocycles. The molecule has 3 aromatic rings. The quantitative estimate of drug-likeness (QED) is 0.632. The van der Waals surface area contributed by atoms with E-state index in [0.29, 0.717) is 44.1 Å². The van der Waals surface area contributed by atoms with Crippen molar-refractivity contribution in [3.8, 4) is 11.3 Å². The minimum atomic E-state index is -0.961. The van der Waals surface area contributed by atoms with Crippen LogP contribution in [0.5, 0.6) is 0 Å². The predicted molar refractivity (Wildman–Crippen MR) is 122 cm³/mol. The molecule has 0 aliphatic carbocycles. The van der Waals surface area contributed by atoms with Crippen LogP contribution >= 0.6 is 0 Å². The number of carboxylic acid groups (broad SMARTS) is 1. The number of aliphatic hydroxyl groups excluding tert-OH is 1. The highest BCUT2D eigenvalue weighted by molar-refractivity contribution is 5.66. The van der Waals surface area contributed by atoms with E-state index >= 15 is 0 Å². The number of anilines is 1. The third-order valence-corrected chi connectivity index (χ3v) is 6.72. The Morgan fingerprint density at radius 3 is 2.52 bits per heavy atom. The number of β-amino-alcohol motifs (C(OH)–C–C–N with tert-alkyl or cyclic N) is 1. The Bertz CT molecular complexity index is 1220. The van der Waals surface area contributed by atoms with Crippen LogP contribution in [0.3, 0.4) is 0 Å². The predicted octanol–water partition coefficient (Wildman–Crippen LogP) is 2.37. The fraction of sp³-hybridized carbons (Fsp3) is 0.333. The second-order valence-electron chi connectivity index (χ2n) is 8.63. The molecule has 4 heterocycles. The SMILES string of the molecule is O=C(O)N1CCC2(CCn3c(nc(-c4ccncc4)cc3=O)N2C[C@@H](O)c2ccccc2)C1. The van der Waals surface area contributed by atoms with Crippen molar-refractivity contribution in [3.63, 3.8) is 0 Å². The number of carbonyl (C=O) groups is 1. The van der Waals surface area contributed by atoms with Gasteiger partial charge >= 0.3 is 6.09 Å². The van der Waals surface area contributed by atoms with Crippen molar-refractivity contribution in [2.24, 2.45) is 0 Å². The summed E-state index contributed by atoms with van der Waals surface area (Å²) >= 11 is 0. The average Bonchev–Trinajstić information content (AvgIpc) is 3.27. The monoisotopic (exact) mass is 447 g/mol. The summed E-state index contributed by atoms with van der Waals surface area (Å²) in [5, 5.41) is 20.7. The van der Waals surface area contributed by atoms with Crippen LogP contribution in [0, 0.1) is 0 Å². The van der Waals surface area contributed by atoms with Crippen molar-refractivity contribution in [1.82, 2.24) is 19.4 Å². The molecule has 0 bridgehead atoms. The Hall–Kier alpha value is -3.72. The van der Waals surface area contributed by atoms with E-state index in [2.05, 4.69) is 4.98 Å². The minimum Gasteiger partial charge on any atom is -0.465 e. The molecule has 9 heteroatoms. The van der Waals surface area contributed by atoms with Gasteiger partial charge in [0.2, 0.25) is 5.95 Å². The lowest BCUT2D eigenvalue weighted by atomic mass is 9.89. The van der Waals surface area contributed by atoms with Gasteiger partial charge in [-0.2, -0.15) is 0 Å². The lowest BCUT2D eigenvalue weighted by Crippen LogP contribution is -2.58. The van der Waals surface area contributed by atoms with E-state index in [4.69, 9.17) is 4.98 Å². The van der Waals surface area contributed by atoms with Crippen LogP contribution in [0.4, 0.5) is 10.7 Å². The highest BCUT2D eigenvalue weighted by Crippen LogP contribution is 2.39. The number of pyridine rings is 1. The molecule has 1 unspecified atom stereocenters. The first-order chi connectivity index (χ1) is 16.0. The maximum absolute atomic E-state index is 13.0. The van der Waals surface area contributed by atoms with E-state index in [1.54, 1.807) is 29.1 Å². The van der Waals surface area contributed by atoms with Crippen molar-refractivity contribution >= 4 is 12.0 Å². The van der Waals surface area contributed by atoms with Gasteiger partial charge < -0.3 is 20.0 Å². The normalized spacial score (nSPS) is 20.6. The number of nitrogens with zero attached hydrogens (tertiary/aromatic N) is 5. The van der Waals surface area contributed by atoms with Crippen molar-refractivity contribution in [2.75, 3.05) is 24.5 Å². The molecule has 2 aliphatic heterocycles. The molecule has 2 aromatic heterocycles. The van der Waals surface area contributed by atoms with E-state index in [-0.39, 0.29) is 12.1 Å². The van der Waals surface area contributed by atoms with Crippen molar-refractivity contribution < 1.29 is 15.0 Å². The van der Waals surface area contributed by atoms with E-state index in [9.17, 15) is 19.8 Å². The molecule has 2 atom stereocenters. The molecule has 1 amide bonds. The van der Waals surface area contributed by atoms with Crippen LogP contribution in [0.2, 0.25) is 0 Å². The van der Waals surface area contributed by atoms with E-state index in [1.165, 1.54) is 11.0 Å². The highest BCUT2D eigenvalue weighted by atomic mass is 16.4. The van der Waals surface area contributed by atoms with Crippen LogP contribution in [0.15, 0.2) is 65.7 Å². The molecular weight excluding hydrogens is 422 g/mol. The molecule has 9 nitrogen and oxygen atoms in total. The number of aromatic nitrogens is 3. The smallest absolute Gasteiger partial charge is 0.407 e. The topological polar surface area (TPSA) is 112 Å². The Kier molecular flexibility index (Phi) is 5.33. The van der Waals surface area contributed by atoms with Crippen LogP contribution in [0.25, 0.3) is 11.3 Å². The van der Waals surface area contributed by atoms with Gasteiger partial charge in [0, 0.05) is 43.7 Å². The lowest BCUT2D eigenvalue weighted by molar-refractivity contribution is 0.146. The number of amides is 1. The number of hydrogen-bond acceptors (Lipinski definition) is 6. The Morgan fingerprint density at radius 2 is 1.82 bits per heavy atom. The summed E-state index contributed by atoms with van der Waals surface area (Å²) < 4.78 is 1.62. The zero-order valence-electron chi connectivity index (χ0n) is 18.0. The summed E-state index contributed by atoms with van der Waals surface area (Å²) in [5.41, 5.74) is 1.34. The van der Waals surface area contributed by atoms with Gasteiger partial charge in [0.05, 0.1) is 23.9 Å². The molecule has 1 fully saturated rings. The number of rotatable bonds is 4. The minimum absolute atomic E-state index is 0.172. The van der Waals surface area contributed by atoms with E-state index in [0.717, 1.165) is 11.1 Å². The fourth-order valence-electron chi connectivity index (χ4n) is 4.92. The van der Waals surface area contributed by atoms with Gasteiger partial charge in [-0.05, 0) is 30.5 Å². The first kappa shape index (κ1) is 21.1. The van der Waals surface area contributed by atoms with Crippen molar-refractivity contribution in [1.29, 1.82) is 0 Å². The van der Waals surface area contributed by atoms with Gasteiger partial charge in [-0.15, -0.1) is 0 Å². The summed E-state index contributed by atoms with van der Waals surface area (Å²) in [5.74, 6) is 0.461. The van der Waals surface area contributed by atoms with Crippen LogP contribution in [-0.2, 0) is 6.54 Å². The molecule has 0 saturated carbocycles. The van der Waals surface area contributed by atoms with Gasteiger partial charge in [0.15, 0.2) is 0 Å². The van der Waals surface area contributed by atoms with E-state index < -0.39 is 17.7 Å². The van der Waals surface area contributed by atoms with Gasteiger partial charge in [-0.25, -0.2) is 9.78 Å². The van der Waals surface area contributed by atoms with Crippen molar-refractivity contribution in [2.45, 2.75) is 31.0 Å². The third-order valence-electron chi connectivity index (χ3n) is 6.72. The maximum atomic E-state index is 13.0. The second-order valence-corrected chi connectivity index (χ2v) is 8.63. The van der Waals surface area contributed by atoms with Gasteiger partial charge in [0.1, 0.15) is 0 Å². The Morgan fingerprint density at radius 1 is 1.09 bits per heavy atom. The standard InChI is InChI=1S/C24H25N5O4/c30-20(18-4-2-1-3-5-18)15-29-22-26-19(17-6-10-25-11-7-17)14-21(31)28(22)13-9-24(29)8-12-27(16-24)23(32)33/h1-7,10-11,14,20,30H,8-9,12-13,15-16H2,(H,32,33)/t20-,24?/m1/s1. The Labute approximate surface area is 190 Å². The highest BCUT2D eigenvalue weighted by Gasteiger charge is 2.48. The summed E-state index contributed by atoms with van der Waals surface area (Å²) in [7, 11) is 0. The van der Waals surface area contributed by atoms with E-state index in [1.807, 2.05) is 35.2 Å². The van der Waals surface area contributed by atoms with Crippen molar-refractivity contribution in [3.05, 3.63) is 76.8 Å². The number of aliphatic hydroxyl groups is 1. The summed E-state index contributed by atoms with van der Waals surface area (Å²) in [6.45, 7) is 1.35. The molecule has 2 N–H and O–H groups in total. The molecule has 1 spiro atoms. The number of benzene rings is 1. The molecule has 33 heavy (non-hydrogen) atoms. The third kappa shape index (κ3) is 3.84. The van der Waals surface area contributed by atoms with Gasteiger partial charge in [0.25, 0.3) is 5.56 Å². The average molecular weight is 447 g/mol.